The number of benzene rings is 3. The summed E-state index contributed by atoms with van der Waals surface area (Å²) in [5.41, 5.74) is 3.45. The van der Waals surface area contributed by atoms with Crippen LogP contribution in [0.4, 0.5) is 17.1 Å². The Morgan fingerprint density at radius 2 is 1.45 bits per heavy atom. The average Bonchev–Trinajstić information content (AvgIpc) is 2.48. The summed E-state index contributed by atoms with van der Waals surface area (Å²) in [5, 5.41) is 5.99. The highest BCUT2D eigenvalue weighted by molar-refractivity contribution is 5.95. The van der Waals surface area contributed by atoms with Crippen molar-refractivity contribution in [1.29, 1.82) is 0 Å². The van der Waals surface area contributed by atoms with Gasteiger partial charge in [-0.2, -0.15) is 0 Å². The predicted octanol–water partition coefficient (Wildman–Crippen LogP) is 4.65. The van der Waals surface area contributed by atoms with E-state index in [1.54, 1.807) is 0 Å². The van der Waals surface area contributed by atoms with Crippen LogP contribution >= 0.6 is 0 Å². The van der Waals surface area contributed by atoms with Gasteiger partial charge >= 0.3 is 0 Å². The molecule has 0 aliphatic rings. The van der Waals surface area contributed by atoms with Gasteiger partial charge in [-0.1, -0.05) is 36.4 Å². The Kier molecular flexibility index (Phi) is 3.30. The summed E-state index contributed by atoms with van der Waals surface area (Å²) in [5.74, 6) is 0. The lowest BCUT2D eigenvalue weighted by Gasteiger charge is -2.14. The minimum Gasteiger partial charge on any atom is -0.378 e. The van der Waals surface area contributed by atoms with E-state index in [0.29, 0.717) is 0 Å². The van der Waals surface area contributed by atoms with Crippen LogP contribution in [-0.4, -0.2) is 14.1 Å². The summed E-state index contributed by atoms with van der Waals surface area (Å²) in [4.78, 5) is 2.10. The Balaban J connectivity index is 1.93. The molecule has 2 heteroatoms. The second-order valence-corrected chi connectivity index (χ2v) is 5.09. The van der Waals surface area contributed by atoms with Crippen LogP contribution in [0.15, 0.2) is 66.7 Å². The zero-order valence-electron chi connectivity index (χ0n) is 11.8. The summed E-state index contributed by atoms with van der Waals surface area (Å²) < 4.78 is 0. The maximum Gasteiger partial charge on any atom is 0.0463 e. The molecule has 1 N–H and O–H groups in total. The van der Waals surface area contributed by atoms with Crippen LogP contribution in [0.25, 0.3) is 10.8 Å². The van der Waals surface area contributed by atoms with Crippen molar-refractivity contribution in [1.82, 2.24) is 0 Å². The van der Waals surface area contributed by atoms with Gasteiger partial charge in [0, 0.05) is 36.5 Å². The molecular weight excluding hydrogens is 244 g/mol. The third-order valence-electron chi connectivity index (χ3n) is 3.45. The second kappa shape index (κ2) is 5.25. The van der Waals surface area contributed by atoms with E-state index in [9.17, 15) is 0 Å². The van der Waals surface area contributed by atoms with Crippen LogP contribution in [0.5, 0.6) is 0 Å². The highest BCUT2D eigenvalue weighted by atomic mass is 15.1. The molecule has 0 heterocycles. The molecule has 0 aliphatic heterocycles. The lowest BCUT2D eigenvalue weighted by molar-refractivity contribution is 1.13. The van der Waals surface area contributed by atoms with E-state index >= 15 is 0 Å². The third kappa shape index (κ3) is 2.45. The van der Waals surface area contributed by atoms with E-state index in [1.165, 1.54) is 16.5 Å². The molecule has 20 heavy (non-hydrogen) atoms. The van der Waals surface area contributed by atoms with Crippen molar-refractivity contribution in [3.63, 3.8) is 0 Å². The number of hydrogen-bond donors (Lipinski definition) is 1. The Hall–Kier alpha value is -2.48. The predicted molar refractivity (Wildman–Crippen MR) is 88.0 cm³/mol. The Bertz CT molecular complexity index is 710. The number of rotatable bonds is 3. The van der Waals surface area contributed by atoms with Gasteiger partial charge in [0.25, 0.3) is 0 Å². The topological polar surface area (TPSA) is 15.3 Å². The van der Waals surface area contributed by atoms with Crippen molar-refractivity contribution in [3.8, 4) is 0 Å². The molecule has 0 spiro atoms. The van der Waals surface area contributed by atoms with Crippen LogP contribution in [0.1, 0.15) is 0 Å². The van der Waals surface area contributed by atoms with Gasteiger partial charge in [-0.15, -0.1) is 0 Å². The lowest BCUT2D eigenvalue weighted by atomic mass is 10.1. The molecule has 0 fully saturated rings. The summed E-state index contributed by atoms with van der Waals surface area (Å²) in [7, 11) is 4.10. The van der Waals surface area contributed by atoms with Gasteiger partial charge in [0.15, 0.2) is 0 Å². The second-order valence-electron chi connectivity index (χ2n) is 5.09. The minimum absolute atomic E-state index is 1.10. The SMILES string of the molecule is CN(C)c1ccc(Nc2cccc3ccccc23)cc1. The zero-order chi connectivity index (χ0) is 13.9. The Morgan fingerprint density at radius 3 is 2.20 bits per heavy atom. The van der Waals surface area contributed by atoms with Gasteiger partial charge in [0.2, 0.25) is 0 Å². The molecule has 0 bridgehead atoms. The first-order chi connectivity index (χ1) is 9.74. The van der Waals surface area contributed by atoms with Crippen molar-refractivity contribution < 1.29 is 0 Å². The van der Waals surface area contributed by atoms with E-state index < -0.39 is 0 Å². The molecule has 0 aromatic heterocycles. The lowest BCUT2D eigenvalue weighted by Crippen LogP contribution is -2.08. The maximum atomic E-state index is 3.49. The third-order valence-corrected chi connectivity index (χ3v) is 3.45. The molecule has 3 aromatic carbocycles. The molecule has 3 rings (SSSR count). The number of nitrogens with one attached hydrogen (secondary N) is 1. The van der Waals surface area contributed by atoms with E-state index in [0.717, 1.165) is 11.4 Å². The van der Waals surface area contributed by atoms with Gasteiger partial charge in [0.05, 0.1) is 0 Å². The molecule has 3 aromatic rings. The van der Waals surface area contributed by atoms with Crippen molar-refractivity contribution in [2.45, 2.75) is 0 Å². The summed E-state index contributed by atoms with van der Waals surface area (Å²) in [6.07, 6.45) is 0. The fourth-order valence-electron chi connectivity index (χ4n) is 2.33. The molecule has 0 unspecified atom stereocenters. The minimum atomic E-state index is 1.10. The molecule has 0 saturated carbocycles. The van der Waals surface area contributed by atoms with Crippen molar-refractivity contribution in [2.24, 2.45) is 0 Å². The van der Waals surface area contributed by atoms with Gasteiger partial charge in [-0.3, -0.25) is 0 Å². The number of nitrogens with zero attached hydrogens (tertiary/aromatic N) is 1. The smallest absolute Gasteiger partial charge is 0.0463 e. The van der Waals surface area contributed by atoms with Crippen LogP contribution < -0.4 is 10.2 Å². The first-order valence-corrected chi connectivity index (χ1v) is 6.76. The molecule has 2 nitrogen and oxygen atoms in total. The van der Waals surface area contributed by atoms with Crippen LogP contribution in [0.3, 0.4) is 0 Å². The number of anilines is 3. The maximum absolute atomic E-state index is 3.49. The summed E-state index contributed by atoms with van der Waals surface area (Å²) >= 11 is 0. The normalized spacial score (nSPS) is 10.5. The van der Waals surface area contributed by atoms with E-state index in [2.05, 4.69) is 76.9 Å². The van der Waals surface area contributed by atoms with Gasteiger partial charge < -0.3 is 10.2 Å². The molecule has 100 valence electrons. The molecule has 0 atom stereocenters. The average molecular weight is 262 g/mol. The standard InChI is InChI=1S/C18H18N2/c1-20(2)16-12-10-15(11-13-16)19-18-9-5-7-14-6-3-4-8-17(14)18/h3-13,19H,1-2H3. The van der Waals surface area contributed by atoms with Gasteiger partial charge in [-0.25, -0.2) is 0 Å². The van der Waals surface area contributed by atoms with E-state index in [4.69, 9.17) is 0 Å². The monoisotopic (exact) mass is 262 g/mol. The fourth-order valence-corrected chi connectivity index (χ4v) is 2.33. The molecular formula is C18H18N2. The molecule has 0 saturated heterocycles. The molecule has 0 amide bonds. The number of hydrogen-bond acceptors (Lipinski definition) is 2. The highest BCUT2D eigenvalue weighted by Crippen LogP contribution is 2.27. The van der Waals surface area contributed by atoms with Crippen molar-refractivity contribution >= 4 is 27.8 Å². The van der Waals surface area contributed by atoms with E-state index in [-0.39, 0.29) is 0 Å². The van der Waals surface area contributed by atoms with Gasteiger partial charge in [-0.05, 0) is 35.7 Å². The summed E-state index contributed by atoms with van der Waals surface area (Å²) in [6, 6.07) is 23.2. The van der Waals surface area contributed by atoms with Crippen LogP contribution in [-0.2, 0) is 0 Å². The summed E-state index contributed by atoms with van der Waals surface area (Å²) in [6.45, 7) is 0. The van der Waals surface area contributed by atoms with Gasteiger partial charge in [0.1, 0.15) is 0 Å². The number of fused-ring (bicyclic) bond motifs is 1. The van der Waals surface area contributed by atoms with Crippen molar-refractivity contribution in [3.05, 3.63) is 66.7 Å². The first kappa shape index (κ1) is 12.5. The van der Waals surface area contributed by atoms with Crippen LogP contribution in [0, 0.1) is 0 Å². The Morgan fingerprint density at radius 1 is 0.750 bits per heavy atom. The van der Waals surface area contributed by atoms with E-state index in [1.807, 2.05) is 14.1 Å². The van der Waals surface area contributed by atoms with Crippen LogP contribution in [0.2, 0.25) is 0 Å². The van der Waals surface area contributed by atoms with Crippen molar-refractivity contribution in [2.75, 3.05) is 24.3 Å². The fraction of sp³-hybridized carbons (Fsp3) is 0.111. The molecule has 0 radical (unpaired) electrons. The largest absolute Gasteiger partial charge is 0.378 e. The first-order valence-electron chi connectivity index (χ1n) is 6.76. The Labute approximate surface area is 119 Å². The zero-order valence-corrected chi connectivity index (χ0v) is 11.8. The quantitative estimate of drug-likeness (QED) is 0.739. The molecule has 0 aliphatic carbocycles. The highest BCUT2D eigenvalue weighted by Gasteiger charge is 2.01.